The first-order valence-corrected chi connectivity index (χ1v) is 6.33. The number of hydrogen-bond donors (Lipinski definition) is 2. The second kappa shape index (κ2) is 7.09. The Kier molecular flexibility index (Phi) is 5.73. The molecular formula is C13H21NO3. The molecule has 96 valence electrons. The number of amides is 1. The number of hydrogen-bond acceptors (Lipinski definition) is 2. The summed E-state index contributed by atoms with van der Waals surface area (Å²) in [6, 6.07) is -0.739. The van der Waals surface area contributed by atoms with Crippen molar-refractivity contribution in [3.05, 3.63) is 11.6 Å². The number of rotatable bonds is 6. The predicted molar refractivity (Wildman–Crippen MR) is 65.6 cm³/mol. The van der Waals surface area contributed by atoms with Crippen molar-refractivity contribution in [1.82, 2.24) is 5.32 Å². The van der Waals surface area contributed by atoms with E-state index in [0.717, 1.165) is 31.3 Å². The van der Waals surface area contributed by atoms with E-state index in [1.54, 1.807) is 0 Å². The third kappa shape index (κ3) is 5.02. The first kappa shape index (κ1) is 13.7. The summed E-state index contributed by atoms with van der Waals surface area (Å²) < 4.78 is 0. The summed E-state index contributed by atoms with van der Waals surface area (Å²) in [5, 5.41) is 11.5. The standard InChI is InChI=1S/C13H21NO3/c1-2-6-11(13(16)17)14-12(15)9-10-7-4-3-5-8-10/h7,11H,2-6,8-9H2,1H3,(H,14,15)(H,16,17)/t11-/m0/s1. The van der Waals surface area contributed by atoms with Gasteiger partial charge in [-0.05, 0) is 32.1 Å². The fourth-order valence-electron chi connectivity index (χ4n) is 2.06. The monoisotopic (exact) mass is 239 g/mol. The largest absolute Gasteiger partial charge is 0.480 e. The number of carbonyl (C=O) groups excluding carboxylic acids is 1. The molecule has 0 aromatic heterocycles. The van der Waals surface area contributed by atoms with Crippen LogP contribution in [0.5, 0.6) is 0 Å². The molecule has 0 fully saturated rings. The molecule has 0 bridgehead atoms. The second-order valence-electron chi connectivity index (χ2n) is 4.53. The van der Waals surface area contributed by atoms with Gasteiger partial charge in [0.15, 0.2) is 0 Å². The Morgan fingerprint density at radius 3 is 2.76 bits per heavy atom. The molecule has 17 heavy (non-hydrogen) atoms. The fourth-order valence-corrected chi connectivity index (χ4v) is 2.06. The third-order valence-electron chi connectivity index (χ3n) is 2.98. The summed E-state index contributed by atoms with van der Waals surface area (Å²) >= 11 is 0. The molecule has 0 radical (unpaired) electrons. The van der Waals surface area contributed by atoms with Gasteiger partial charge in [0.2, 0.25) is 5.91 Å². The van der Waals surface area contributed by atoms with Gasteiger partial charge in [-0.1, -0.05) is 25.0 Å². The van der Waals surface area contributed by atoms with Gasteiger partial charge in [0.25, 0.3) is 0 Å². The van der Waals surface area contributed by atoms with E-state index in [-0.39, 0.29) is 5.91 Å². The van der Waals surface area contributed by atoms with Gasteiger partial charge in [0, 0.05) is 6.42 Å². The number of carbonyl (C=O) groups is 2. The van der Waals surface area contributed by atoms with Crippen molar-refractivity contribution in [1.29, 1.82) is 0 Å². The zero-order chi connectivity index (χ0) is 12.7. The Morgan fingerprint density at radius 2 is 2.24 bits per heavy atom. The number of carboxylic acids is 1. The Hall–Kier alpha value is -1.32. The van der Waals surface area contributed by atoms with Crippen molar-refractivity contribution in [2.24, 2.45) is 0 Å². The SMILES string of the molecule is CCC[C@H](NC(=O)CC1=CCCCC1)C(=O)O. The smallest absolute Gasteiger partial charge is 0.326 e. The van der Waals surface area contributed by atoms with Crippen LogP contribution in [0.2, 0.25) is 0 Å². The maximum Gasteiger partial charge on any atom is 0.326 e. The highest BCUT2D eigenvalue weighted by atomic mass is 16.4. The second-order valence-corrected chi connectivity index (χ2v) is 4.53. The minimum Gasteiger partial charge on any atom is -0.480 e. The zero-order valence-corrected chi connectivity index (χ0v) is 10.4. The summed E-state index contributed by atoms with van der Waals surface area (Å²) in [5.41, 5.74) is 1.15. The number of aliphatic carboxylic acids is 1. The molecule has 1 amide bonds. The Bertz CT molecular complexity index is 310. The molecule has 0 saturated heterocycles. The van der Waals surface area contributed by atoms with Crippen LogP contribution in [-0.2, 0) is 9.59 Å². The lowest BCUT2D eigenvalue weighted by atomic mass is 9.97. The highest BCUT2D eigenvalue weighted by Crippen LogP contribution is 2.19. The topological polar surface area (TPSA) is 66.4 Å². The molecule has 0 aromatic rings. The molecule has 4 heteroatoms. The minimum atomic E-state index is -0.946. The molecular weight excluding hydrogens is 218 g/mol. The van der Waals surface area contributed by atoms with Crippen molar-refractivity contribution in [2.75, 3.05) is 0 Å². The van der Waals surface area contributed by atoms with E-state index in [9.17, 15) is 9.59 Å². The first-order chi connectivity index (χ1) is 8.13. The highest BCUT2D eigenvalue weighted by molar-refractivity contribution is 5.84. The average molecular weight is 239 g/mol. The fraction of sp³-hybridized carbons (Fsp3) is 0.692. The number of allylic oxidation sites excluding steroid dienone is 1. The van der Waals surface area contributed by atoms with E-state index < -0.39 is 12.0 Å². The molecule has 0 aromatic carbocycles. The summed E-state index contributed by atoms with van der Waals surface area (Å²) in [4.78, 5) is 22.6. The maximum atomic E-state index is 11.7. The van der Waals surface area contributed by atoms with Crippen LogP contribution >= 0.6 is 0 Å². The van der Waals surface area contributed by atoms with Gasteiger partial charge in [-0.25, -0.2) is 4.79 Å². The van der Waals surface area contributed by atoms with Crippen LogP contribution in [0, 0.1) is 0 Å². The molecule has 1 aliphatic carbocycles. The van der Waals surface area contributed by atoms with Crippen molar-refractivity contribution >= 4 is 11.9 Å². The van der Waals surface area contributed by atoms with Gasteiger partial charge in [-0.15, -0.1) is 0 Å². The molecule has 1 aliphatic rings. The quantitative estimate of drug-likeness (QED) is 0.699. The molecule has 0 heterocycles. The van der Waals surface area contributed by atoms with Crippen LogP contribution in [0.3, 0.4) is 0 Å². The van der Waals surface area contributed by atoms with Gasteiger partial charge >= 0.3 is 5.97 Å². The van der Waals surface area contributed by atoms with Gasteiger partial charge < -0.3 is 10.4 Å². The summed E-state index contributed by atoms with van der Waals surface area (Å²) in [6.45, 7) is 1.91. The van der Waals surface area contributed by atoms with Gasteiger partial charge in [-0.2, -0.15) is 0 Å². The van der Waals surface area contributed by atoms with Crippen molar-refractivity contribution in [3.63, 3.8) is 0 Å². The summed E-state index contributed by atoms with van der Waals surface area (Å²) in [6.07, 6.45) is 8.04. The molecule has 1 atom stereocenters. The lowest BCUT2D eigenvalue weighted by Gasteiger charge is -2.16. The zero-order valence-electron chi connectivity index (χ0n) is 10.4. The maximum absolute atomic E-state index is 11.7. The Balaban J connectivity index is 2.41. The molecule has 0 aliphatic heterocycles. The van der Waals surface area contributed by atoms with E-state index >= 15 is 0 Å². The van der Waals surface area contributed by atoms with Gasteiger partial charge in [0.05, 0.1) is 0 Å². The first-order valence-electron chi connectivity index (χ1n) is 6.33. The van der Waals surface area contributed by atoms with Crippen LogP contribution in [0.4, 0.5) is 0 Å². The third-order valence-corrected chi connectivity index (χ3v) is 2.98. The van der Waals surface area contributed by atoms with Crippen LogP contribution in [0.15, 0.2) is 11.6 Å². The minimum absolute atomic E-state index is 0.168. The van der Waals surface area contributed by atoms with E-state index in [1.165, 1.54) is 6.42 Å². The van der Waals surface area contributed by atoms with Gasteiger partial charge in [-0.3, -0.25) is 4.79 Å². The van der Waals surface area contributed by atoms with Crippen molar-refractivity contribution in [3.8, 4) is 0 Å². The molecule has 2 N–H and O–H groups in total. The summed E-state index contributed by atoms with van der Waals surface area (Å²) in [5.74, 6) is -1.11. The Labute approximate surface area is 102 Å². The van der Waals surface area contributed by atoms with E-state index in [1.807, 2.05) is 6.92 Å². The molecule has 0 unspecified atom stereocenters. The van der Waals surface area contributed by atoms with Crippen LogP contribution in [0.25, 0.3) is 0 Å². The lowest BCUT2D eigenvalue weighted by Crippen LogP contribution is -2.40. The van der Waals surface area contributed by atoms with E-state index in [4.69, 9.17) is 5.11 Å². The molecule has 1 rings (SSSR count). The summed E-state index contributed by atoms with van der Waals surface area (Å²) in [7, 11) is 0. The van der Waals surface area contributed by atoms with Crippen LogP contribution in [0.1, 0.15) is 51.9 Å². The van der Waals surface area contributed by atoms with Gasteiger partial charge in [0.1, 0.15) is 6.04 Å². The number of carboxylic acid groups (broad SMARTS) is 1. The van der Waals surface area contributed by atoms with Crippen molar-refractivity contribution < 1.29 is 14.7 Å². The predicted octanol–water partition coefficient (Wildman–Crippen LogP) is 2.25. The van der Waals surface area contributed by atoms with Crippen LogP contribution < -0.4 is 5.32 Å². The molecule has 0 spiro atoms. The molecule has 0 saturated carbocycles. The normalized spacial score (nSPS) is 17.1. The van der Waals surface area contributed by atoms with Crippen molar-refractivity contribution in [2.45, 2.75) is 57.9 Å². The highest BCUT2D eigenvalue weighted by Gasteiger charge is 2.19. The van der Waals surface area contributed by atoms with E-state index in [2.05, 4.69) is 11.4 Å². The molecule has 4 nitrogen and oxygen atoms in total. The van der Waals surface area contributed by atoms with Crippen LogP contribution in [-0.4, -0.2) is 23.0 Å². The number of nitrogens with one attached hydrogen (secondary N) is 1. The van der Waals surface area contributed by atoms with E-state index in [0.29, 0.717) is 12.8 Å². The lowest BCUT2D eigenvalue weighted by molar-refractivity contribution is -0.141. The average Bonchev–Trinajstić information content (AvgIpc) is 2.29. The Morgan fingerprint density at radius 1 is 1.47 bits per heavy atom.